The van der Waals surface area contributed by atoms with Gasteiger partial charge in [0.2, 0.25) is 5.91 Å². The van der Waals surface area contributed by atoms with Crippen molar-refractivity contribution in [2.24, 2.45) is 5.73 Å². The lowest BCUT2D eigenvalue weighted by Gasteiger charge is -2.13. The summed E-state index contributed by atoms with van der Waals surface area (Å²) in [4.78, 5) is 23.9. The topological polar surface area (TPSA) is 93.5 Å². The molecule has 0 radical (unpaired) electrons. The molecule has 2 rings (SSSR count). The fraction of sp³-hybridized carbons (Fsp3) is 0.263. The molecule has 2 aromatic rings. The average Bonchev–Trinajstić information content (AvgIpc) is 2.65. The van der Waals surface area contributed by atoms with Crippen molar-refractivity contribution in [2.75, 3.05) is 20.2 Å². The number of amides is 2. The van der Waals surface area contributed by atoms with Crippen LogP contribution in [0.4, 0.5) is 0 Å². The number of ether oxygens (including phenoxy) is 1. The molecule has 0 aliphatic rings. The van der Waals surface area contributed by atoms with E-state index in [2.05, 4.69) is 10.6 Å². The van der Waals surface area contributed by atoms with E-state index in [9.17, 15) is 9.59 Å². The molecule has 2 amide bonds. The summed E-state index contributed by atoms with van der Waals surface area (Å²) in [7, 11) is 1.57. The van der Waals surface area contributed by atoms with E-state index < -0.39 is 6.04 Å². The van der Waals surface area contributed by atoms with Crippen LogP contribution in [0.5, 0.6) is 5.75 Å². The highest BCUT2D eigenvalue weighted by Gasteiger charge is 2.13. The lowest BCUT2D eigenvalue weighted by molar-refractivity contribution is -0.122. The summed E-state index contributed by atoms with van der Waals surface area (Å²) in [5.41, 5.74) is 7.45. The van der Waals surface area contributed by atoms with Crippen molar-refractivity contribution in [3.05, 3.63) is 65.7 Å². The van der Waals surface area contributed by atoms with Gasteiger partial charge in [0, 0.05) is 18.7 Å². The molecule has 7 heteroatoms. The van der Waals surface area contributed by atoms with E-state index >= 15 is 0 Å². The highest BCUT2D eigenvalue weighted by Crippen LogP contribution is 2.10. The van der Waals surface area contributed by atoms with E-state index in [0.717, 1.165) is 5.56 Å². The lowest BCUT2D eigenvalue weighted by atomic mass is 10.1. The Morgan fingerprint density at radius 3 is 2.23 bits per heavy atom. The molecule has 6 nitrogen and oxygen atoms in total. The van der Waals surface area contributed by atoms with Crippen LogP contribution in [0.15, 0.2) is 54.6 Å². The first kappa shape index (κ1) is 21.5. The largest absolute Gasteiger partial charge is 0.497 e. The van der Waals surface area contributed by atoms with Gasteiger partial charge in [-0.25, -0.2) is 0 Å². The van der Waals surface area contributed by atoms with Crippen molar-refractivity contribution in [1.29, 1.82) is 0 Å². The van der Waals surface area contributed by atoms with Crippen LogP contribution in [-0.4, -0.2) is 38.1 Å². The Kier molecular flexibility index (Phi) is 9.19. The maximum absolute atomic E-state index is 12.0. The Balaban J connectivity index is 0.00000338. The van der Waals surface area contributed by atoms with Crippen LogP contribution in [0.3, 0.4) is 0 Å². The standard InChI is InChI=1S/C19H23N3O3.ClH/c1-25-16-9-7-15(8-10-16)18(23)21-11-12-22-19(24)17(20)13-14-5-3-2-4-6-14;/h2-10,17H,11-13,20H2,1H3,(H,21,23)(H,22,24);1H/t17-;/m0./s1. The molecule has 4 N–H and O–H groups in total. The minimum atomic E-state index is -0.611. The van der Waals surface area contributed by atoms with Gasteiger partial charge < -0.3 is 21.1 Å². The first-order valence-corrected chi connectivity index (χ1v) is 8.09. The normalized spacial score (nSPS) is 11.0. The zero-order chi connectivity index (χ0) is 18.1. The summed E-state index contributed by atoms with van der Waals surface area (Å²) in [6.07, 6.45) is 0.477. The molecule has 0 unspecified atom stereocenters. The number of hydrogen-bond donors (Lipinski definition) is 3. The third kappa shape index (κ3) is 6.74. The molecule has 140 valence electrons. The second-order valence-electron chi connectivity index (χ2n) is 5.57. The average molecular weight is 378 g/mol. The van der Waals surface area contributed by atoms with E-state index in [1.165, 1.54) is 0 Å². The first-order valence-electron chi connectivity index (χ1n) is 8.09. The smallest absolute Gasteiger partial charge is 0.251 e. The van der Waals surface area contributed by atoms with Gasteiger partial charge in [0.05, 0.1) is 13.2 Å². The van der Waals surface area contributed by atoms with Gasteiger partial charge in [-0.3, -0.25) is 9.59 Å². The van der Waals surface area contributed by atoms with Gasteiger partial charge in [0.25, 0.3) is 5.91 Å². The monoisotopic (exact) mass is 377 g/mol. The van der Waals surface area contributed by atoms with Crippen LogP contribution in [0, 0.1) is 0 Å². The van der Waals surface area contributed by atoms with Crippen LogP contribution < -0.4 is 21.1 Å². The molecule has 26 heavy (non-hydrogen) atoms. The number of hydrogen-bond acceptors (Lipinski definition) is 4. The van der Waals surface area contributed by atoms with Gasteiger partial charge in [-0.15, -0.1) is 12.4 Å². The lowest BCUT2D eigenvalue weighted by Crippen LogP contribution is -2.44. The molecule has 0 bridgehead atoms. The number of carbonyl (C=O) groups excluding carboxylic acids is 2. The Hall–Kier alpha value is -2.57. The number of benzene rings is 2. The molecule has 1 atom stereocenters. The summed E-state index contributed by atoms with van der Waals surface area (Å²) in [5, 5.41) is 5.47. The summed E-state index contributed by atoms with van der Waals surface area (Å²) in [6, 6.07) is 15.8. The van der Waals surface area contributed by atoms with Gasteiger partial charge in [-0.2, -0.15) is 0 Å². The summed E-state index contributed by atoms with van der Waals surface area (Å²) >= 11 is 0. The van der Waals surface area contributed by atoms with Crippen LogP contribution in [-0.2, 0) is 11.2 Å². The van der Waals surface area contributed by atoms with Crippen molar-refractivity contribution in [2.45, 2.75) is 12.5 Å². The van der Waals surface area contributed by atoms with E-state index in [4.69, 9.17) is 10.5 Å². The van der Waals surface area contributed by atoms with Crippen molar-refractivity contribution >= 4 is 24.2 Å². The fourth-order valence-corrected chi connectivity index (χ4v) is 2.30. The van der Waals surface area contributed by atoms with Gasteiger partial charge in [-0.1, -0.05) is 30.3 Å². The molecular formula is C19H24ClN3O3. The summed E-state index contributed by atoms with van der Waals surface area (Å²) in [5.74, 6) is 0.254. The second-order valence-corrected chi connectivity index (χ2v) is 5.57. The maximum atomic E-state index is 12.0. The Bertz CT molecular complexity index is 693. The fourth-order valence-electron chi connectivity index (χ4n) is 2.30. The molecule has 0 saturated carbocycles. The predicted molar refractivity (Wildman–Crippen MR) is 104 cm³/mol. The highest BCUT2D eigenvalue weighted by molar-refractivity contribution is 5.94. The minimum Gasteiger partial charge on any atom is -0.497 e. The Labute approximate surface area is 159 Å². The zero-order valence-corrected chi connectivity index (χ0v) is 15.4. The molecule has 0 saturated heterocycles. The van der Waals surface area contributed by atoms with Crippen molar-refractivity contribution in [1.82, 2.24) is 10.6 Å². The maximum Gasteiger partial charge on any atom is 0.251 e. The molecule has 0 aliphatic heterocycles. The van der Waals surface area contributed by atoms with E-state index in [0.29, 0.717) is 30.8 Å². The van der Waals surface area contributed by atoms with Crippen molar-refractivity contribution in [3.63, 3.8) is 0 Å². The van der Waals surface area contributed by atoms with Crippen molar-refractivity contribution in [3.8, 4) is 5.75 Å². The number of nitrogens with one attached hydrogen (secondary N) is 2. The Morgan fingerprint density at radius 1 is 1.00 bits per heavy atom. The van der Waals surface area contributed by atoms with Crippen molar-refractivity contribution < 1.29 is 14.3 Å². The number of nitrogens with two attached hydrogens (primary N) is 1. The van der Waals surface area contributed by atoms with Crippen LogP contribution in [0.2, 0.25) is 0 Å². The van der Waals surface area contributed by atoms with E-state index in [1.54, 1.807) is 31.4 Å². The minimum absolute atomic E-state index is 0. The number of carbonyl (C=O) groups is 2. The second kappa shape index (κ2) is 11.1. The predicted octanol–water partition coefficient (Wildman–Crippen LogP) is 1.53. The first-order chi connectivity index (χ1) is 12.1. The molecule has 0 aromatic heterocycles. The quantitative estimate of drug-likeness (QED) is 0.608. The van der Waals surface area contributed by atoms with Gasteiger partial charge >= 0.3 is 0 Å². The van der Waals surface area contributed by atoms with E-state index in [1.807, 2.05) is 30.3 Å². The number of rotatable bonds is 8. The van der Waals surface area contributed by atoms with Gasteiger partial charge in [0.1, 0.15) is 5.75 Å². The molecular weight excluding hydrogens is 354 g/mol. The van der Waals surface area contributed by atoms with Crippen LogP contribution in [0.25, 0.3) is 0 Å². The third-order valence-electron chi connectivity index (χ3n) is 3.70. The van der Waals surface area contributed by atoms with Gasteiger partial charge in [-0.05, 0) is 36.2 Å². The molecule has 0 fully saturated rings. The Morgan fingerprint density at radius 2 is 1.62 bits per heavy atom. The number of methoxy groups -OCH3 is 1. The van der Waals surface area contributed by atoms with Crippen LogP contribution in [0.1, 0.15) is 15.9 Å². The van der Waals surface area contributed by atoms with Crippen LogP contribution >= 0.6 is 12.4 Å². The van der Waals surface area contributed by atoms with Gasteiger partial charge in [0.15, 0.2) is 0 Å². The van der Waals surface area contributed by atoms with E-state index in [-0.39, 0.29) is 24.2 Å². The summed E-state index contributed by atoms with van der Waals surface area (Å²) in [6.45, 7) is 0.651. The molecule has 2 aromatic carbocycles. The molecule has 0 aliphatic carbocycles. The highest BCUT2D eigenvalue weighted by atomic mass is 35.5. The molecule has 0 spiro atoms. The third-order valence-corrected chi connectivity index (χ3v) is 3.70. The molecule has 0 heterocycles. The SMILES string of the molecule is COc1ccc(C(=O)NCCNC(=O)[C@@H](N)Cc2ccccc2)cc1.Cl. The summed E-state index contributed by atoms with van der Waals surface area (Å²) < 4.78 is 5.05. The number of halogens is 1. The zero-order valence-electron chi connectivity index (χ0n) is 14.6.